The van der Waals surface area contributed by atoms with Crippen molar-refractivity contribution in [1.82, 2.24) is 9.88 Å². The van der Waals surface area contributed by atoms with Crippen molar-refractivity contribution in [2.45, 2.75) is 51.8 Å². The van der Waals surface area contributed by atoms with Crippen LogP contribution in [-0.4, -0.2) is 67.0 Å². The fourth-order valence-corrected chi connectivity index (χ4v) is 7.28. The van der Waals surface area contributed by atoms with Crippen molar-refractivity contribution in [3.8, 4) is 22.8 Å². The number of rotatable bonds is 8. The minimum absolute atomic E-state index is 0.219. The number of para-hydroxylation sites is 1. The highest BCUT2D eigenvalue weighted by molar-refractivity contribution is 5.81. The summed E-state index contributed by atoms with van der Waals surface area (Å²) < 4.78 is 18.0. The Morgan fingerprint density at radius 3 is 2.79 bits per heavy atom. The van der Waals surface area contributed by atoms with E-state index in [0.29, 0.717) is 19.2 Å². The maximum absolute atomic E-state index is 11.8. The molecule has 0 spiro atoms. The van der Waals surface area contributed by atoms with Crippen LogP contribution in [-0.2, 0) is 29.1 Å². The molecule has 1 aromatic heterocycles. The van der Waals surface area contributed by atoms with E-state index in [1.54, 1.807) is 7.11 Å². The highest BCUT2D eigenvalue weighted by Crippen LogP contribution is 2.58. The summed E-state index contributed by atoms with van der Waals surface area (Å²) in [5, 5.41) is 9.72. The Balaban J connectivity index is 1.10. The number of ether oxygens (including phenoxy) is 3. The van der Waals surface area contributed by atoms with E-state index in [1.807, 2.05) is 30.3 Å². The number of carbonyl (C=O) groups is 1. The maximum Gasteiger partial charge on any atom is 0.311 e. The highest BCUT2D eigenvalue weighted by atomic mass is 16.5. The van der Waals surface area contributed by atoms with Crippen molar-refractivity contribution < 1.29 is 24.1 Å². The number of piperidine rings is 1. The van der Waals surface area contributed by atoms with E-state index in [1.165, 1.54) is 11.1 Å². The third-order valence-electron chi connectivity index (χ3n) is 9.82. The van der Waals surface area contributed by atoms with Crippen LogP contribution in [0.3, 0.4) is 0 Å². The molecular weight excluding hydrogens is 530 g/mol. The first kappa shape index (κ1) is 27.2. The number of aromatic nitrogens is 1. The van der Waals surface area contributed by atoms with E-state index >= 15 is 0 Å². The third kappa shape index (κ3) is 4.90. The van der Waals surface area contributed by atoms with Crippen LogP contribution in [0, 0.1) is 18.3 Å². The molecule has 0 radical (unpaired) electrons. The lowest BCUT2D eigenvalue weighted by Gasteiger charge is -2.38. The number of carboxylic acids is 1. The molecule has 1 N–H and O–H groups in total. The first-order chi connectivity index (χ1) is 20.4. The zero-order chi connectivity index (χ0) is 28.8. The first-order valence-electron chi connectivity index (χ1n) is 15.1. The van der Waals surface area contributed by atoms with Gasteiger partial charge in [-0.05, 0) is 79.5 Å². The first-order valence-corrected chi connectivity index (χ1v) is 15.1. The van der Waals surface area contributed by atoms with Gasteiger partial charge in [-0.1, -0.05) is 24.3 Å². The number of benzene rings is 2. The second-order valence-corrected chi connectivity index (χ2v) is 12.4. The fourth-order valence-electron chi connectivity index (χ4n) is 7.28. The number of carboxylic acid groups (broad SMARTS) is 1. The van der Waals surface area contributed by atoms with Crippen LogP contribution in [0.2, 0.25) is 0 Å². The topological polar surface area (TPSA) is 84.4 Å². The van der Waals surface area contributed by atoms with Gasteiger partial charge < -0.3 is 24.2 Å². The van der Waals surface area contributed by atoms with Crippen LogP contribution in [0.25, 0.3) is 11.3 Å². The molecule has 1 saturated carbocycles. The van der Waals surface area contributed by atoms with E-state index in [-0.39, 0.29) is 5.92 Å². The van der Waals surface area contributed by atoms with Crippen molar-refractivity contribution in [2.75, 3.05) is 44.9 Å². The summed E-state index contributed by atoms with van der Waals surface area (Å²) in [4.78, 5) is 21.5. The Morgan fingerprint density at radius 1 is 1.17 bits per heavy atom. The number of anilines is 1. The summed E-state index contributed by atoms with van der Waals surface area (Å²) in [6.07, 6.45) is 3.98. The smallest absolute Gasteiger partial charge is 0.311 e. The van der Waals surface area contributed by atoms with Gasteiger partial charge in [0.15, 0.2) is 0 Å². The number of methoxy groups -OCH3 is 1. The Bertz CT molecular complexity index is 1490. The molecule has 220 valence electrons. The number of hydrogen-bond acceptors (Lipinski definition) is 7. The van der Waals surface area contributed by atoms with Crippen LogP contribution in [0.1, 0.15) is 41.5 Å². The van der Waals surface area contributed by atoms with Gasteiger partial charge in [-0.25, -0.2) is 4.98 Å². The molecule has 4 heterocycles. The van der Waals surface area contributed by atoms with Crippen LogP contribution in [0.5, 0.6) is 11.5 Å². The number of aryl methyl sites for hydroxylation is 1. The van der Waals surface area contributed by atoms with Gasteiger partial charge in [-0.2, -0.15) is 0 Å². The molecule has 8 nitrogen and oxygen atoms in total. The quantitative estimate of drug-likeness (QED) is 0.402. The maximum atomic E-state index is 11.8. The summed E-state index contributed by atoms with van der Waals surface area (Å²) in [7, 11) is 1.76. The van der Waals surface area contributed by atoms with Crippen molar-refractivity contribution in [1.29, 1.82) is 0 Å². The Hall–Kier alpha value is -3.62. The molecule has 3 aliphatic heterocycles. The highest BCUT2D eigenvalue weighted by Gasteiger charge is 2.65. The lowest BCUT2D eigenvalue weighted by Crippen LogP contribution is -2.42. The number of aliphatic carboxylic acids is 1. The second-order valence-electron chi connectivity index (χ2n) is 12.4. The van der Waals surface area contributed by atoms with Gasteiger partial charge in [0.05, 0.1) is 18.2 Å². The van der Waals surface area contributed by atoms with Crippen LogP contribution in [0.4, 0.5) is 5.82 Å². The van der Waals surface area contributed by atoms with Crippen molar-refractivity contribution in [2.24, 2.45) is 11.3 Å². The van der Waals surface area contributed by atoms with Crippen LogP contribution in [0.15, 0.2) is 48.5 Å². The average Bonchev–Trinajstić information content (AvgIpc) is 3.60. The van der Waals surface area contributed by atoms with Gasteiger partial charge >= 0.3 is 5.97 Å². The lowest BCUT2D eigenvalue weighted by atomic mass is 9.94. The average molecular weight is 570 g/mol. The number of nitrogens with zero attached hydrogens (tertiary/aromatic N) is 3. The summed E-state index contributed by atoms with van der Waals surface area (Å²) >= 11 is 0. The predicted octanol–water partition coefficient (Wildman–Crippen LogP) is 5.09. The molecule has 7 rings (SSSR count). The van der Waals surface area contributed by atoms with Crippen molar-refractivity contribution in [3.63, 3.8) is 0 Å². The molecular formula is C34H39N3O5. The Kier molecular flexibility index (Phi) is 7.06. The second kappa shape index (κ2) is 10.9. The van der Waals surface area contributed by atoms with Gasteiger partial charge in [0.2, 0.25) is 0 Å². The summed E-state index contributed by atoms with van der Waals surface area (Å²) in [5.74, 6) is 2.11. The standard InChI is InChI=1S/C34H39N3O5/c1-22-5-3-6-27(29-7-4-8-31(35-29)37-18-25-17-34(25,21-37)33(38)39)32(22)42-20-23-15-24-9-12-36(26-10-13-41-14-11-26)19-28(24)30(16-23)40-2/h3-8,15-16,25-26H,9-14,17-21H2,1-2H3,(H,38,39)/t25?,34-/m0/s1. The summed E-state index contributed by atoms with van der Waals surface area (Å²) in [6.45, 7) is 7.44. The molecule has 3 fully saturated rings. The Morgan fingerprint density at radius 2 is 2.00 bits per heavy atom. The molecule has 1 aliphatic carbocycles. The molecule has 2 saturated heterocycles. The van der Waals surface area contributed by atoms with E-state index in [4.69, 9.17) is 19.2 Å². The van der Waals surface area contributed by atoms with E-state index in [0.717, 1.165) is 98.2 Å². The predicted molar refractivity (Wildman–Crippen MR) is 160 cm³/mol. The van der Waals surface area contributed by atoms with Crippen molar-refractivity contribution >= 4 is 11.8 Å². The van der Waals surface area contributed by atoms with Gasteiger partial charge in [0, 0.05) is 56.6 Å². The lowest BCUT2D eigenvalue weighted by molar-refractivity contribution is -0.143. The SMILES string of the molecule is COc1cc(COc2c(C)cccc2-c2cccc(N3CC4C[C@]4(C(=O)O)C3)n2)cc2c1CN(C1CCOCC1)CC2. The van der Waals surface area contributed by atoms with Gasteiger partial charge in [0.1, 0.15) is 23.9 Å². The number of pyridine rings is 1. The molecule has 0 bridgehead atoms. The van der Waals surface area contributed by atoms with Gasteiger partial charge in [-0.3, -0.25) is 9.69 Å². The van der Waals surface area contributed by atoms with Crippen LogP contribution < -0.4 is 14.4 Å². The molecule has 42 heavy (non-hydrogen) atoms. The minimum Gasteiger partial charge on any atom is -0.496 e. The largest absolute Gasteiger partial charge is 0.496 e. The molecule has 2 atom stereocenters. The molecule has 0 amide bonds. The number of hydrogen-bond donors (Lipinski definition) is 1. The fraction of sp³-hybridized carbons (Fsp3) is 0.471. The number of fused-ring (bicyclic) bond motifs is 2. The van der Waals surface area contributed by atoms with Gasteiger partial charge in [0.25, 0.3) is 0 Å². The Labute approximate surface area is 247 Å². The van der Waals surface area contributed by atoms with E-state index in [2.05, 4.69) is 34.9 Å². The zero-order valence-corrected chi connectivity index (χ0v) is 24.5. The minimum atomic E-state index is -0.684. The van der Waals surface area contributed by atoms with Gasteiger partial charge in [-0.15, -0.1) is 0 Å². The summed E-state index contributed by atoms with van der Waals surface area (Å²) in [5.41, 5.74) is 5.95. The molecule has 1 unspecified atom stereocenters. The molecule has 4 aliphatic rings. The molecule has 8 heteroatoms. The third-order valence-corrected chi connectivity index (χ3v) is 9.82. The molecule has 2 aromatic carbocycles. The van der Waals surface area contributed by atoms with E-state index < -0.39 is 11.4 Å². The van der Waals surface area contributed by atoms with E-state index in [9.17, 15) is 9.90 Å². The summed E-state index contributed by atoms with van der Waals surface area (Å²) in [6, 6.07) is 17.1. The van der Waals surface area contributed by atoms with Crippen molar-refractivity contribution in [3.05, 3.63) is 70.8 Å². The zero-order valence-electron chi connectivity index (χ0n) is 24.5. The monoisotopic (exact) mass is 569 g/mol. The molecule has 3 aromatic rings. The van der Waals surface area contributed by atoms with Crippen LogP contribution >= 0.6 is 0 Å². The normalized spacial score (nSPS) is 23.8.